The van der Waals surface area contributed by atoms with Crippen LogP contribution in [0.1, 0.15) is 12.8 Å². The molecule has 0 bridgehead atoms. The molecule has 16 nitrogen and oxygen atoms in total. The standard InChI is InChI=1S/C6H8O7.C6H12O7.Mg.Mn.2H2O/c7-3(8)1-6(13,5(11)12)2-4(9)10;7-1-2(8)3(9)4(10)5(11)6(12)13;;;;/h13H,1-2H2,(H,7,8)(H,9,10)(H,11,12);2-5,7-11H,1H2,(H,12,13);;;2*1H2/q;;+2;;;/p-2/t;2-,3-,4+,5-;;;;/m.1..../s1. The van der Waals surface area contributed by atoms with Gasteiger partial charge in [-0.25, -0.2) is 9.59 Å². The Labute approximate surface area is 194 Å². The van der Waals surface area contributed by atoms with Crippen molar-refractivity contribution in [3.63, 3.8) is 0 Å². The summed E-state index contributed by atoms with van der Waals surface area (Å²) in [5.41, 5.74) is -2.86. The van der Waals surface area contributed by atoms with E-state index >= 15 is 0 Å². The van der Waals surface area contributed by atoms with Gasteiger partial charge in [-0.1, -0.05) is 0 Å². The van der Waals surface area contributed by atoms with Crippen molar-refractivity contribution in [2.75, 3.05) is 6.61 Å². The molecule has 0 aromatic carbocycles. The molecule has 4 atom stereocenters. The number of carbonyl (C=O) groups excluding carboxylic acids is 2. The molecule has 18 heteroatoms. The fourth-order valence-corrected chi connectivity index (χ4v) is 1.36. The molecule has 0 aromatic rings. The van der Waals surface area contributed by atoms with Crippen LogP contribution < -0.4 is 10.2 Å². The maximum absolute atomic E-state index is 10.3. The first-order valence-electron chi connectivity index (χ1n) is 6.61. The van der Waals surface area contributed by atoms with E-state index in [2.05, 4.69) is 0 Å². The van der Waals surface area contributed by atoms with E-state index < -0.39 is 73.3 Å². The normalized spacial score (nSPS) is 13.5. The second kappa shape index (κ2) is 19.8. The first-order valence-corrected chi connectivity index (χ1v) is 6.61. The summed E-state index contributed by atoms with van der Waals surface area (Å²) in [4.78, 5) is 40.3. The third-order valence-corrected chi connectivity index (χ3v) is 2.78. The summed E-state index contributed by atoms with van der Waals surface area (Å²) in [6.45, 7) is -0.843. The molecule has 0 aromatic heterocycles. The quantitative estimate of drug-likeness (QED) is 0.129. The van der Waals surface area contributed by atoms with E-state index in [1.165, 1.54) is 0 Å². The molecular formula is C12H22MgMnO16. The van der Waals surface area contributed by atoms with E-state index in [0.29, 0.717) is 0 Å². The summed E-state index contributed by atoms with van der Waals surface area (Å²) >= 11 is 0. The summed E-state index contributed by atoms with van der Waals surface area (Å²) in [7, 11) is 0. The molecule has 0 rings (SSSR count). The zero-order valence-electron chi connectivity index (χ0n) is 15.0. The first-order chi connectivity index (χ1) is 11.7. The van der Waals surface area contributed by atoms with Gasteiger partial charge in [-0.3, -0.25) is 0 Å². The van der Waals surface area contributed by atoms with Gasteiger partial charge in [0.15, 0.2) is 11.7 Å². The Bertz CT molecular complexity index is 500. The number of hydrogen-bond donors (Lipinski definition) is 8. The minimum absolute atomic E-state index is 0. The van der Waals surface area contributed by atoms with Gasteiger partial charge < -0.3 is 71.6 Å². The van der Waals surface area contributed by atoms with Gasteiger partial charge in [0.25, 0.3) is 0 Å². The zero-order valence-corrected chi connectivity index (χ0v) is 17.6. The summed E-state index contributed by atoms with van der Waals surface area (Å²) in [5, 5.41) is 89.0. The van der Waals surface area contributed by atoms with Crippen molar-refractivity contribution >= 4 is 46.9 Å². The van der Waals surface area contributed by atoms with Crippen LogP contribution in [-0.2, 0) is 36.2 Å². The average Bonchev–Trinajstić information content (AvgIpc) is 2.50. The largest absolute Gasteiger partial charge is 2.00 e. The maximum atomic E-state index is 10.3. The monoisotopic (exact) mass is 501 g/mol. The molecule has 0 unspecified atom stereocenters. The predicted molar refractivity (Wildman–Crippen MR) is 83.6 cm³/mol. The van der Waals surface area contributed by atoms with E-state index in [0.717, 1.165) is 0 Å². The number of aliphatic hydroxyl groups excluding tert-OH is 5. The smallest absolute Gasteiger partial charge is 0.550 e. The Morgan fingerprint density at radius 3 is 1.37 bits per heavy atom. The molecule has 0 saturated carbocycles. The average molecular weight is 502 g/mol. The van der Waals surface area contributed by atoms with Crippen molar-refractivity contribution in [2.45, 2.75) is 42.9 Å². The maximum Gasteiger partial charge on any atom is 2.00 e. The number of hydrogen-bond acceptors (Lipinski definition) is 12. The number of carboxylic acids is 4. The third-order valence-electron chi connectivity index (χ3n) is 2.78. The molecule has 30 heavy (non-hydrogen) atoms. The molecular weight excluding hydrogens is 479 g/mol. The third kappa shape index (κ3) is 16.6. The minimum atomic E-state index is -2.86. The second-order valence-corrected chi connectivity index (χ2v) is 4.95. The van der Waals surface area contributed by atoms with Gasteiger partial charge in [-0.2, -0.15) is 0 Å². The zero-order chi connectivity index (χ0) is 21.2. The van der Waals surface area contributed by atoms with Crippen molar-refractivity contribution in [3.05, 3.63) is 0 Å². The van der Waals surface area contributed by atoms with Gasteiger partial charge in [0, 0.05) is 41.8 Å². The number of aliphatic carboxylic acids is 4. The second-order valence-electron chi connectivity index (χ2n) is 4.95. The fraction of sp³-hybridized carbons (Fsp3) is 0.667. The van der Waals surface area contributed by atoms with Gasteiger partial charge in [0.2, 0.25) is 0 Å². The van der Waals surface area contributed by atoms with Gasteiger partial charge >= 0.3 is 35.0 Å². The van der Waals surface area contributed by atoms with Crippen LogP contribution in [0.5, 0.6) is 0 Å². The Balaban J connectivity index is -0.0000000847. The molecule has 12 N–H and O–H groups in total. The van der Waals surface area contributed by atoms with Crippen LogP contribution in [0.15, 0.2) is 0 Å². The molecule has 0 amide bonds. The van der Waals surface area contributed by atoms with Crippen LogP contribution in [-0.4, -0.2) is 135 Å². The predicted octanol–water partition coefficient (Wildman–Crippen LogP) is -9.44. The molecule has 0 aliphatic heterocycles. The molecule has 175 valence electrons. The molecule has 0 spiro atoms. The van der Waals surface area contributed by atoms with E-state index in [-0.39, 0.29) is 51.1 Å². The van der Waals surface area contributed by atoms with Crippen LogP contribution in [0, 0.1) is 0 Å². The summed E-state index contributed by atoms with van der Waals surface area (Å²) in [6.07, 6.45) is -10.4. The van der Waals surface area contributed by atoms with Crippen LogP contribution in [0.4, 0.5) is 0 Å². The van der Waals surface area contributed by atoms with Gasteiger partial charge in [-0.15, -0.1) is 0 Å². The van der Waals surface area contributed by atoms with Crippen LogP contribution in [0.25, 0.3) is 0 Å². The van der Waals surface area contributed by atoms with Crippen molar-refractivity contribution in [1.29, 1.82) is 0 Å². The number of carboxylic acid groups (broad SMARTS) is 4. The Hall–Kier alpha value is -1.15. The number of aliphatic hydroxyl groups is 6. The molecule has 0 heterocycles. The number of carbonyl (C=O) groups is 4. The Kier molecular flexibility index (Phi) is 28.3. The van der Waals surface area contributed by atoms with Crippen LogP contribution >= 0.6 is 0 Å². The topological polar surface area (TPSA) is 339 Å². The van der Waals surface area contributed by atoms with Gasteiger partial charge in [0.05, 0.1) is 6.61 Å². The fourth-order valence-electron chi connectivity index (χ4n) is 1.36. The molecule has 0 aliphatic rings. The van der Waals surface area contributed by atoms with Gasteiger partial charge in [0.1, 0.15) is 18.3 Å². The summed E-state index contributed by atoms with van der Waals surface area (Å²) < 4.78 is 0. The van der Waals surface area contributed by atoms with E-state index in [1.807, 2.05) is 0 Å². The van der Waals surface area contributed by atoms with Crippen LogP contribution in [0.2, 0.25) is 0 Å². The van der Waals surface area contributed by atoms with Gasteiger partial charge in [-0.05, 0) is 0 Å². The molecule has 1 radical (unpaired) electrons. The Morgan fingerprint density at radius 1 is 0.833 bits per heavy atom. The molecule has 0 saturated heterocycles. The van der Waals surface area contributed by atoms with Crippen molar-refractivity contribution in [3.8, 4) is 0 Å². The van der Waals surface area contributed by atoms with E-state index in [9.17, 15) is 29.4 Å². The summed E-state index contributed by atoms with van der Waals surface area (Å²) in [5.74, 6) is -7.38. The first kappa shape index (κ1) is 42.9. The summed E-state index contributed by atoms with van der Waals surface area (Å²) in [6, 6.07) is 0. The Morgan fingerprint density at radius 2 is 1.17 bits per heavy atom. The van der Waals surface area contributed by atoms with Crippen molar-refractivity contribution in [2.24, 2.45) is 0 Å². The number of rotatable bonds is 10. The van der Waals surface area contributed by atoms with Crippen molar-refractivity contribution < 1.29 is 98.3 Å². The minimum Gasteiger partial charge on any atom is -0.550 e. The van der Waals surface area contributed by atoms with E-state index in [4.69, 9.17) is 40.9 Å². The molecule has 0 fully saturated rings. The van der Waals surface area contributed by atoms with Crippen molar-refractivity contribution in [1.82, 2.24) is 0 Å². The molecule has 0 aliphatic carbocycles. The van der Waals surface area contributed by atoms with Crippen LogP contribution in [0.3, 0.4) is 0 Å². The SMILES string of the molecule is O.O.O=C(O)[C@H](O)[C@@H](O)[C@H](O)[C@H](O)CO.O=C([O-])CC(O)(CC(=O)[O-])C(=O)O.[Mg+2].[Mn]. The van der Waals surface area contributed by atoms with E-state index in [1.54, 1.807) is 0 Å².